The van der Waals surface area contributed by atoms with Gasteiger partial charge in [-0.1, -0.05) is 36.2 Å². The van der Waals surface area contributed by atoms with Crippen LogP contribution < -0.4 is 10.5 Å². The van der Waals surface area contributed by atoms with Gasteiger partial charge >= 0.3 is 0 Å². The molecule has 0 heterocycles. The largest absolute Gasteiger partial charge is 0.496 e. The first-order valence-electron chi connectivity index (χ1n) is 5.19. The van der Waals surface area contributed by atoms with Gasteiger partial charge in [0, 0.05) is 16.1 Å². The molecule has 1 aromatic carbocycles. The molecule has 0 fully saturated rings. The third-order valence-electron chi connectivity index (χ3n) is 2.81. The average Bonchev–Trinajstić information content (AvgIpc) is 2.27. The van der Waals surface area contributed by atoms with E-state index in [0.29, 0.717) is 5.92 Å². The summed E-state index contributed by atoms with van der Waals surface area (Å²) in [4.78, 5) is 0. The van der Waals surface area contributed by atoms with E-state index in [9.17, 15) is 0 Å². The first-order chi connectivity index (χ1) is 7.10. The minimum absolute atomic E-state index is 0. The molecular formula is C12H19BrClNO. The Morgan fingerprint density at radius 3 is 2.56 bits per heavy atom. The molecule has 92 valence electrons. The van der Waals surface area contributed by atoms with Gasteiger partial charge in [-0.15, -0.1) is 12.4 Å². The van der Waals surface area contributed by atoms with Crippen LogP contribution in [0.25, 0.3) is 0 Å². The minimum atomic E-state index is 0. The first-order valence-corrected chi connectivity index (χ1v) is 5.98. The standard InChI is InChI=1S/C12H18BrNO.ClH/c1-4-8(2)12(14)10-7-9(13)5-6-11(10)15-3;/h5-8,12H,4,14H2,1-3H3;1H/t8?,12-;/m1./s1. The van der Waals surface area contributed by atoms with Crippen molar-refractivity contribution in [3.05, 3.63) is 28.2 Å². The van der Waals surface area contributed by atoms with E-state index in [1.807, 2.05) is 18.2 Å². The second kappa shape index (κ2) is 7.15. The highest BCUT2D eigenvalue weighted by atomic mass is 79.9. The lowest BCUT2D eigenvalue weighted by Crippen LogP contribution is -2.19. The predicted octanol–water partition coefficient (Wildman–Crippen LogP) is 3.93. The zero-order valence-corrected chi connectivity index (χ0v) is 12.3. The SMILES string of the molecule is CCC(C)[C@@H](N)c1cc(Br)ccc1OC.Cl. The number of rotatable bonds is 4. The Balaban J connectivity index is 0.00000225. The molecule has 1 aromatic rings. The van der Waals surface area contributed by atoms with Gasteiger partial charge in [-0.05, 0) is 24.1 Å². The zero-order chi connectivity index (χ0) is 11.4. The normalized spacial score (nSPS) is 13.8. The van der Waals surface area contributed by atoms with Gasteiger partial charge in [-0.25, -0.2) is 0 Å². The molecule has 0 aliphatic rings. The van der Waals surface area contributed by atoms with E-state index in [1.54, 1.807) is 7.11 Å². The van der Waals surface area contributed by atoms with Gasteiger partial charge in [-0.2, -0.15) is 0 Å². The van der Waals surface area contributed by atoms with E-state index in [1.165, 1.54) is 0 Å². The maximum atomic E-state index is 6.19. The molecule has 0 aliphatic heterocycles. The summed E-state index contributed by atoms with van der Waals surface area (Å²) in [5.41, 5.74) is 7.26. The number of ether oxygens (including phenoxy) is 1. The van der Waals surface area contributed by atoms with Crippen LogP contribution in [0, 0.1) is 5.92 Å². The van der Waals surface area contributed by atoms with E-state index in [-0.39, 0.29) is 18.4 Å². The summed E-state index contributed by atoms with van der Waals surface area (Å²) >= 11 is 3.45. The Kier molecular flexibility index (Phi) is 7.04. The van der Waals surface area contributed by atoms with E-state index in [0.717, 1.165) is 22.2 Å². The molecular weight excluding hydrogens is 289 g/mol. The summed E-state index contributed by atoms with van der Waals surface area (Å²) in [5.74, 6) is 1.32. The minimum Gasteiger partial charge on any atom is -0.496 e. The van der Waals surface area contributed by atoms with Crippen molar-refractivity contribution in [3.63, 3.8) is 0 Å². The topological polar surface area (TPSA) is 35.2 Å². The van der Waals surface area contributed by atoms with Crippen molar-refractivity contribution in [2.75, 3.05) is 7.11 Å². The Bertz CT molecular complexity index is 333. The molecule has 2 nitrogen and oxygen atoms in total. The monoisotopic (exact) mass is 307 g/mol. The van der Waals surface area contributed by atoms with Gasteiger partial charge in [0.25, 0.3) is 0 Å². The molecule has 2 N–H and O–H groups in total. The highest BCUT2D eigenvalue weighted by Gasteiger charge is 2.17. The third kappa shape index (κ3) is 3.65. The van der Waals surface area contributed by atoms with Crippen molar-refractivity contribution in [3.8, 4) is 5.75 Å². The lowest BCUT2D eigenvalue weighted by Gasteiger charge is -2.21. The predicted molar refractivity (Wildman–Crippen MR) is 74.3 cm³/mol. The molecule has 0 bridgehead atoms. The third-order valence-corrected chi connectivity index (χ3v) is 3.30. The van der Waals surface area contributed by atoms with Gasteiger partial charge in [0.1, 0.15) is 5.75 Å². The highest BCUT2D eigenvalue weighted by Crippen LogP contribution is 2.31. The Hall–Kier alpha value is -0.250. The number of hydrogen-bond acceptors (Lipinski definition) is 2. The fourth-order valence-electron chi connectivity index (χ4n) is 1.53. The maximum Gasteiger partial charge on any atom is 0.123 e. The van der Waals surface area contributed by atoms with Crippen LogP contribution >= 0.6 is 28.3 Å². The van der Waals surface area contributed by atoms with Crippen LogP contribution in [-0.2, 0) is 0 Å². The van der Waals surface area contributed by atoms with Crippen LogP contribution in [0.1, 0.15) is 31.9 Å². The van der Waals surface area contributed by atoms with Crippen LogP contribution in [0.3, 0.4) is 0 Å². The maximum absolute atomic E-state index is 6.19. The fourth-order valence-corrected chi connectivity index (χ4v) is 1.90. The lowest BCUT2D eigenvalue weighted by molar-refractivity contribution is 0.388. The molecule has 0 spiro atoms. The number of hydrogen-bond donors (Lipinski definition) is 1. The van der Waals surface area contributed by atoms with Crippen molar-refractivity contribution >= 4 is 28.3 Å². The quantitative estimate of drug-likeness (QED) is 0.915. The summed E-state index contributed by atoms with van der Waals surface area (Å²) in [6.45, 7) is 4.31. The Morgan fingerprint density at radius 1 is 1.44 bits per heavy atom. The summed E-state index contributed by atoms with van der Waals surface area (Å²) in [5, 5.41) is 0. The average molecular weight is 309 g/mol. The Morgan fingerprint density at radius 2 is 2.06 bits per heavy atom. The van der Waals surface area contributed by atoms with E-state index < -0.39 is 0 Å². The van der Waals surface area contributed by atoms with Gasteiger partial charge < -0.3 is 10.5 Å². The second-order valence-electron chi connectivity index (χ2n) is 3.80. The molecule has 0 radical (unpaired) electrons. The highest BCUT2D eigenvalue weighted by molar-refractivity contribution is 9.10. The van der Waals surface area contributed by atoms with Crippen molar-refractivity contribution < 1.29 is 4.74 Å². The van der Waals surface area contributed by atoms with E-state index in [4.69, 9.17) is 10.5 Å². The van der Waals surface area contributed by atoms with Gasteiger partial charge in [0.15, 0.2) is 0 Å². The number of nitrogens with two attached hydrogens (primary N) is 1. The van der Waals surface area contributed by atoms with Crippen LogP contribution in [0.2, 0.25) is 0 Å². The van der Waals surface area contributed by atoms with Crippen molar-refractivity contribution in [2.45, 2.75) is 26.3 Å². The van der Waals surface area contributed by atoms with E-state index in [2.05, 4.69) is 29.8 Å². The number of benzene rings is 1. The fraction of sp³-hybridized carbons (Fsp3) is 0.500. The first kappa shape index (κ1) is 15.8. The molecule has 2 atom stereocenters. The number of methoxy groups -OCH3 is 1. The van der Waals surface area contributed by atoms with Crippen LogP contribution in [-0.4, -0.2) is 7.11 Å². The van der Waals surface area contributed by atoms with Gasteiger partial charge in [0.05, 0.1) is 7.11 Å². The molecule has 0 saturated carbocycles. The Labute approximate surface area is 112 Å². The molecule has 16 heavy (non-hydrogen) atoms. The van der Waals surface area contributed by atoms with Crippen molar-refractivity contribution in [1.29, 1.82) is 0 Å². The van der Waals surface area contributed by atoms with Crippen LogP contribution in [0.5, 0.6) is 5.75 Å². The summed E-state index contributed by atoms with van der Waals surface area (Å²) in [6.07, 6.45) is 1.07. The van der Waals surface area contributed by atoms with Crippen LogP contribution in [0.15, 0.2) is 22.7 Å². The van der Waals surface area contributed by atoms with E-state index >= 15 is 0 Å². The molecule has 1 unspecified atom stereocenters. The van der Waals surface area contributed by atoms with Gasteiger partial charge in [-0.3, -0.25) is 0 Å². The lowest BCUT2D eigenvalue weighted by atomic mass is 9.93. The molecule has 0 saturated heterocycles. The molecule has 0 aromatic heterocycles. The van der Waals surface area contributed by atoms with Crippen LogP contribution in [0.4, 0.5) is 0 Å². The second-order valence-corrected chi connectivity index (χ2v) is 4.71. The molecule has 0 amide bonds. The zero-order valence-electron chi connectivity index (χ0n) is 9.87. The summed E-state index contributed by atoms with van der Waals surface area (Å²) < 4.78 is 6.35. The number of halogens is 2. The van der Waals surface area contributed by atoms with Gasteiger partial charge in [0.2, 0.25) is 0 Å². The molecule has 4 heteroatoms. The van der Waals surface area contributed by atoms with Crippen molar-refractivity contribution in [2.24, 2.45) is 11.7 Å². The molecule has 1 rings (SSSR count). The summed E-state index contributed by atoms with van der Waals surface area (Å²) in [6, 6.07) is 5.98. The molecule has 0 aliphatic carbocycles. The smallest absolute Gasteiger partial charge is 0.123 e. The summed E-state index contributed by atoms with van der Waals surface area (Å²) in [7, 11) is 1.68. The van der Waals surface area contributed by atoms with Crippen molar-refractivity contribution in [1.82, 2.24) is 0 Å².